The van der Waals surface area contributed by atoms with Crippen molar-refractivity contribution in [1.29, 1.82) is 0 Å². The molecule has 5 atom stereocenters. The summed E-state index contributed by atoms with van der Waals surface area (Å²) in [6.07, 6.45) is 6.92. The molecular weight excluding hydrogens is 570 g/mol. The maximum absolute atomic E-state index is 15.3. The van der Waals surface area contributed by atoms with Crippen molar-refractivity contribution in [3.63, 3.8) is 0 Å². The summed E-state index contributed by atoms with van der Waals surface area (Å²) in [5.41, 5.74) is -1.57. The molecule has 3 fully saturated rings. The Morgan fingerprint density at radius 3 is 2.16 bits per heavy atom. The smallest absolute Gasteiger partial charge is 0.250 e. The summed E-state index contributed by atoms with van der Waals surface area (Å²) in [6, 6.07) is -0.0813. The van der Waals surface area contributed by atoms with Gasteiger partial charge in [-0.3, -0.25) is 14.5 Å². The average Bonchev–Trinajstić information content (AvgIpc) is 3.30. The van der Waals surface area contributed by atoms with Gasteiger partial charge in [-0.15, -0.1) is 0 Å². The van der Waals surface area contributed by atoms with Gasteiger partial charge >= 0.3 is 0 Å². The summed E-state index contributed by atoms with van der Waals surface area (Å²) in [4.78, 5) is 30.0. The minimum Gasteiger partial charge on any atom is -0.351 e. The molecule has 0 aromatic carbocycles. The second-order valence-corrected chi connectivity index (χ2v) is 16.3. The van der Waals surface area contributed by atoms with Gasteiger partial charge in [-0.2, -0.15) is 0 Å². The zero-order valence-electron chi connectivity index (χ0n) is 28.0. The van der Waals surface area contributed by atoms with Crippen LogP contribution in [-0.2, 0) is 9.59 Å². The number of rotatable bonds is 8. The SMILES string of the molecule is CC(=O)NC(C)(C)CC(CC(C)(C)C)C1CCN(C(=O)[C@@H]2CC(N3CCC(F)(F)CC3)C[C@H]2C2=CCC(C)(F)C=C2F)CC1. The van der Waals surface area contributed by atoms with Gasteiger partial charge in [0.25, 0.3) is 5.92 Å². The molecule has 2 aliphatic carbocycles. The highest BCUT2D eigenvalue weighted by Gasteiger charge is 2.48. The molecule has 2 aliphatic heterocycles. The van der Waals surface area contributed by atoms with Crippen molar-refractivity contribution in [2.24, 2.45) is 29.1 Å². The summed E-state index contributed by atoms with van der Waals surface area (Å²) in [7, 11) is 0. The molecule has 5 nitrogen and oxygen atoms in total. The quantitative estimate of drug-likeness (QED) is 0.283. The number of nitrogens with zero attached hydrogens (tertiary/aromatic N) is 2. The fourth-order valence-electron chi connectivity index (χ4n) is 8.48. The van der Waals surface area contributed by atoms with E-state index in [1.54, 1.807) is 13.0 Å². The van der Waals surface area contributed by atoms with Crippen LogP contribution in [0.2, 0.25) is 0 Å². The van der Waals surface area contributed by atoms with Crippen LogP contribution in [0.4, 0.5) is 17.6 Å². The van der Waals surface area contributed by atoms with Crippen LogP contribution in [0.3, 0.4) is 0 Å². The number of carbonyl (C=O) groups is 2. The Labute approximate surface area is 262 Å². The van der Waals surface area contributed by atoms with Gasteiger partial charge in [0.05, 0.1) is 0 Å². The Morgan fingerprint density at radius 1 is 1.00 bits per heavy atom. The first-order valence-corrected chi connectivity index (χ1v) is 16.7. The highest BCUT2D eigenvalue weighted by atomic mass is 19.3. The molecule has 1 saturated carbocycles. The zero-order valence-corrected chi connectivity index (χ0v) is 28.0. The molecule has 9 heteroatoms. The molecule has 250 valence electrons. The van der Waals surface area contributed by atoms with E-state index < -0.39 is 29.3 Å². The number of hydrogen-bond donors (Lipinski definition) is 1. The number of halogens is 4. The molecule has 0 radical (unpaired) electrons. The number of nitrogens with one attached hydrogen (secondary N) is 1. The first-order valence-electron chi connectivity index (χ1n) is 16.7. The van der Waals surface area contributed by atoms with E-state index in [2.05, 4.69) is 44.8 Å². The Morgan fingerprint density at radius 2 is 1.61 bits per heavy atom. The number of carbonyl (C=O) groups excluding carboxylic acids is 2. The van der Waals surface area contributed by atoms with Crippen molar-refractivity contribution < 1.29 is 27.2 Å². The first-order chi connectivity index (χ1) is 20.2. The van der Waals surface area contributed by atoms with Crippen LogP contribution in [0.1, 0.15) is 106 Å². The van der Waals surface area contributed by atoms with Crippen LogP contribution >= 0.6 is 0 Å². The largest absolute Gasteiger partial charge is 0.351 e. The van der Waals surface area contributed by atoms with E-state index in [4.69, 9.17) is 0 Å². The van der Waals surface area contributed by atoms with Gasteiger partial charge in [0, 0.05) is 69.9 Å². The molecule has 1 N–H and O–H groups in total. The van der Waals surface area contributed by atoms with E-state index in [1.807, 2.05) is 4.90 Å². The molecule has 0 aromatic rings. The van der Waals surface area contributed by atoms with Crippen LogP contribution < -0.4 is 5.32 Å². The third kappa shape index (κ3) is 9.10. The standard InChI is InChI=1S/C35H55F4N3O2/c1-23(43)40-33(5,6)21-25(20-32(2,3)4)24-9-14-42(15-10-24)31(44)29-19-26(41-16-12-35(38,39)13-17-41)18-28(29)27-8-11-34(7,37)22-30(27)36/h8,22,24-26,28-29H,9-21H2,1-7H3,(H,40,43)/t25?,26?,28-,29+,34?/m0/s1. The van der Waals surface area contributed by atoms with Crippen molar-refractivity contribution in [3.05, 3.63) is 23.6 Å². The normalized spacial score (nSPS) is 31.3. The van der Waals surface area contributed by atoms with E-state index in [9.17, 15) is 22.8 Å². The number of amides is 2. The van der Waals surface area contributed by atoms with Gasteiger partial charge in [0.2, 0.25) is 11.8 Å². The minimum atomic E-state index is -2.66. The summed E-state index contributed by atoms with van der Waals surface area (Å²) in [5.74, 6) is -3.35. The van der Waals surface area contributed by atoms with Crippen LogP contribution in [0.15, 0.2) is 23.6 Å². The van der Waals surface area contributed by atoms with E-state index in [1.165, 1.54) is 6.92 Å². The number of alkyl halides is 3. The second-order valence-electron chi connectivity index (χ2n) is 16.3. The highest BCUT2D eigenvalue weighted by molar-refractivity contribution is 5.80. The van der Waals surface area contributed by atoms with E-state index >= 15 is 4.39 Å². The summed E-state index contributed by atoms with van der Waals surface area (Å²) < 4.78 is 57.8. The van der Waals surface area contributed by atoms with Crippen LogP contribution in [0, 0.1) is 29.1 Å². The molecule has 4 aliphatic rings. The fourth-order valence-corrected chi connectivity index (χ4v) is 8.48. The predicted molar refractivity (Wildman–Crippen MR) is 167 cm³/mol. The van der Waals surface area contributed by atoms with Crippen molar-refractivity contribution in [2.75, 3.05) is 26.2 Å². The second kappa shape index (κ2) is 13.1. The number of hydrogen-bond acceptors (Lipinski definition) is 3. The van der Waals surface area contributed by atoms with Crippen LogP contribution in [0.25, 0.3) is 0 Å². The van der Waals surface area contributed by atoms with Gasteiger partial charge in [0.15, 0.2) is 0 Å². The Balaban J connectivity index is 1.48. The van der Waals surface area contributed by atoms with Gasteiger partial charge < -0.3 is 10.2 Å². The van der Waals surface area contributed by atoms with Gasteiger partial charge in [-0.05, 0) is 94.1 Å². The van der Waals surface area contributed by atoms with E-state index in [0.717, 1.165) is 31.8 Å². The monoisotopic (exact) mass is 625 g/mol. The maximum Gasteiger partial charge on any atom is 0.250 e. The topological polar surface area (TPSA) is 52.7 Å². The van der Waals surface area contributed by atoms with Crippen LogP contribution in [-0.4, -0.2) is 71.0 Å². The predicted octanol–water partition coefficient (Wildman–Crippen LogP) is 7.62. The lowest BCUT2D eigenvalue weighted by atomic mass is 9.70. The van der Waals surface area contributed by atoms with Gasteiger partial charge in [0.1, 0.15) is 11.5 Å². The third-order valence-corrected chi connectivity index (χ3v) is 10.4. The van der Waals surface area contributed by atoms with Crippen LogP contribution in [0.5, 0.6) is 0 Å². The molecule has 3 unspecified atom stereocenters. The Bertz CT molecular complexity index is 1110. The van der Waals surface area contributed by atoms with E-state index in [-0.39, 0.29) is 61.2 Å². The molecule has 4 rings (SSSR count). The van der Waals surface area contributed by atoms with Gasteiger partial charge in [-0.1, -0.05) is 26.8 Å². The third-order valence-electron chi connectivity index (χ3n) is 10.4. The van der Waals surface area contributed by atoms with Crippen molar-refractivity contribution in [3.8, 4) is 0 Å². The molecular formula is C35H55F4N3O2. The highest BCUT2D eigenvalue weighted by Crippen LogP contribution is 2.47. The minimum absolute atomic E-state index is 0.00604. The zero-order chi connectivity index (χ0) is 32.7. The molecule has 0 spiro atoms. The lowest BCUT2D eigenvalue weighted by Gasteiger charge is -2.42. The van der Waals surface area contributed by atoms with Crippen molar-refractivity contribution in [1.82, 2.24) is 15.1 Å². The number of likely N-dealkylation sites (tertiary alicyclic amines) is 2. The molecule has 44 heavy (non-hydrogen) atoms. The lowest BCUT2D eigenvalue weighted by Crippen LogP contribution is -2.47. The lowest BCUT2D eigenvalue weighted by molar-refractivity contribution is -0.138. The summed E-state index contributed by atoms with van der Waals surface area (Å²) >= 11 is 0. The number of allylic oxidation sites excluding steroid dienone is 4. The molecule has 0 bridgehead atoms. The molecule has 0 aromatic heterocycles. The molecule has 2 amide bonds. The Kier molecular flexibility index (Phi) is 10.4. The first kappa shape index (κ1) is 35.0. The average molecular weight is 626 g/mol. The van der Waals surface area contributed by atoms with Crippen molar-refractivity contribution in [2.45, 2.75) is 129 Å². The Hall–Kier alpha value is -1.90. The molecule has 2 saturated heterocycles. The van der Waals surface area contributed by atoms with Crippen molar-refractivity contribution >= 4 is 11.8 Å². The van der Waals surface area contributed by atoms with Gasteiger partial charge in [-0.25, -0.2) is 17.6 Å². The number of piperidine rings is 2. The van der Waals surface area contributed by atoms with E-state index in [0.29, 0.717) is 43.3 Å². The summed E-state index contributed by atoms with van der Waals surface area (Å²) in [6.45, 7) is 15.5. The summed E-state index contributed by atoms with van der Waals surface area (Å²) in [5, 5.41) is 3.11. The molecule has 2 heterocycles. The maximum atomic E-state index is 15.3. The fraction of sp³-hybridized carbons (Fsp3) is 0.829.